The number of benzene rings is 1. The van der Waals surface area contributed by atoms with Crippen LogP contribution in [-0.4, -0.2) is 23.0 Å². The second-order valence-electron chi connectivity index (χ2n) is 5.59. The number of rotatable bonds is 3. The number of halogens is 1. The molecule has 0 heterocycles. The number of aryl methyl sites for hydroxylation is 1. The molecule has 1 atom stereocenters. The highest BCUT2D eigenvalue weighted by molar-refractivity contribution is 5.97. The second kappa shape index (κ2) is 5.38. The van der Waals surface area contributed by atoms with E-state index >= 15 is 0 Å². The number of carbonyl (C=O) groups excluding carboxylic acids is 1. The molecule has 19 heavy (non-hydrogen) atoms. The third kappa shape index (κ3) is 3.77. The van der Waals surface area contributed by atoms with Crippen molar-refractivity contribution in [2.24, 2.45) is 5.41 Å². The number of nitrogens with one attached hydrogen (secondary N) is 1. The summed E-state index contributed by atoms with van der Waals surface area (Å²) in [6.07, 6.45) is 0. The lowest BCUT2D eigenvalue weighted by Crippen LogP contribution is -2.49. The van der Waals surface area contributed by atoms with E-state index in [9.17, 15) is 14.0 Å². The molecule has 4 nitrogen and oxygen atoms in total. The van der Waals surface area contributed by atoms with Gasteiger partial charge >= 0.3 is 5.97 Å². The maximum Gasteiger partial charge on any atom is 0.326 e. The summed E-state index contributed by atoms with van der Waals surface area (Å²) >= 11 is 0. The lowest BCUT2D eigenvalue weighted by atomic mass is 9.86. The second-order valence-corrected chi connectivity index (χ2v) is 5.59. The zero-order chi connectivity index (χ0) is 14.8. The van der Waals surface area contributed by atoms with Crippen molar-refractivity contribution in [1.29, 1.82) is 0 Å². The van der Waals surface area contributed by atoms with E-state index in [0.29, 0.717) is 5.56 Å². The van der Waals surface area contributed by atoms with Crippen LogP contribution < -0.4 is 5.32 Å². The maximum atomic E-state index is 13.6. The van der Waals surface area contributed by atoms with Crippen LogP contribution in [0, 0.1) is 18.2 Å². The van der Waals surface area contributed by atoms with E-state index in [1.807, 2.05) is 0 Å². The average Bonchev–Trinajstić information content (AvgIpc) is 2.23. The third-order valence-corrected chi connectivity index (χ3v) is 2.76. The van der Waals surface area contributed by atoms with Gasteiger partial charge in [-0.3, -0.25) is 4.79 Å². The van der Waals surface area contributed by atoms with Crippen LogP contribution in [0.5, 0.6) is 0 Å². The van der Waals surface area contributed by atoms with Crippen LogP contribution in [0.4, 0.5) is 4.39 Å². The van der Waals surface area contributed by atoms with E-state index in [0.717, 1.165) is 0 Å². The monoisotopic (exact) mass is 267 g/mol. The number of carboxylic acid groups (broad SMARTS) is 1. The molecule has 0 saturated carbocycles. The minimum absolute atomic E-state index is 0.152. The fraction of sp³-hybridized carbons (Fsp3) is 0.429. The highest BCUT2D eigenvalue weighted by Crippen LogP contribution is 2.20. The molecule has 1 amide bonds. The topological polar surface area (TPSA) is 66.4 Å². The van der Waals surface area contributed by atoms with Crippen molar-refractivity contribution in [3.8, 4) is 0 Å². The zero-order valence-electron chi connectivity index (χ0n) is 11.5. The number of aliphatic carboxylic acids is 1. The number of hydrogen-bond donors (Lipinski definition) is 2. The Morgan fingerprint density at radius 2 is 1.89 bits per heavy atom. The molecular formula is C14H18FNO3. The largest absolute Gasteiger partial charge is 0.480 e. The minimum Gasteiger partial charge on any atom is -0.480 e. The highest BCUT2D eigenvalue weighted by atomic mass is 19.1. The summed E-state index contributed by atoms with van der Waals surface area (Å²) in [6.45, 7) is 6.78. The van der Waals surface area contributed by atoms with Crippen LogP contribution in [0.25, 0.3) is 0 Å². The zero-order valence-corrected chi connectivity index (χ0v) is 11.5. The average molecular weight is 267 g/mol. The van der Waals surface area contributed by atoms with E-state index in [-0.39, 0.29) is 5.56 Å². The molecule has 0 spiro atoms. The molecule has 2 N–H and O–H groups in total. The number of carbonyl (C=O) groups is 2. The molecule has 0 fully saturated rings. The Balaban J connectivity index is 2.98. The van der Waals surface area contributed by atoms with E-state index in [1.165, 1.54) is 12.1 Å². The molecule has 0 aromatic heterocycles. The van der Waals surface area contributed by atoms with Gasteiger partial charge in [-0.15, -0.1) is 0 Å². The normalized spacial score (nSPS) is 12.9. The first kappa shape index (κ1) is 15.1. The predicted octanol–water partition coefficient (Wildman–Crippen LogP) is 2.36. The van der Waals surface area contributed by atoms with E-state index in [2.05, 4.69) is 5.32 Å². The van der Waals surface area contributed by atoms with Gasteiger partial charge in [0.1, 0.15) is 11.9 Å². The van der Waals surface area contributed by atoms with Crippen molar-refractivity contribution in [2.45, 2.75) is 33.7 Å². The van der Waals surface area contributed by atoms with Crippen molar-refractivity contribution in [3.63, 3.8) is 0 Å². The van der Waals surface area contributed by atoms with Gasteiger partial charge in [0.05, 0.1) is 5.56 Å². The van der Waals surface area contributed by atoms with Crippen molar-refractivity contribution in [3.05, 3.63) is 35.1 Å². The molecule has 0 bridgehead atoms. The van der Waals surface area contributed by atoms with Gasteiger partial charge in [-0.25, -0.2) is 9.18 Å². The number of amides is 1. The summed E-state index contributed by atoms with van der Waals surface area (Å²) in [5, 5.41) is 11.5. The molecular weight excluding hydrogens is 249 g/mol. The summed E-state index contributed by atoms with van der Waals surface area (Å²) in [5.41, 5.74) is -0.122. The van der Waals surface area contributed by atoms with Gasteiger partial charge in [-0.2, -0.15) is 0 Å². The van der Waals surface area contributed by atoms with Gasteiger partial charge in [0.25, 0.3) is 5.91 Å². The highest BCUT2D eigenvalue weighted by Gasteiger charge is 2.33. The van der Waals surface area contributed by atoms with Crippen molar-refractivity contribution in [1.82, 2.24) is 5.32 Å². The van der Waals surface area contributed by atoms with Gasteiger partial charge < -0.3 is 10.4 Å². The Hall–Kier alpha value is -1.91. The molecule has 0 saturated heterocycles. The van der Waals surface area contributed by atoms with E-state index in [4.69, 9.17) is 5.11 Å². The van der Waals surface area contributed by atoms with E-state index < -0.39 is 29.2 Å². The molecule has 0 radical (unpaired) electrons. The molecule has 0 aliphatic heterocycles. The Bertz CT molecular complexity index is 506. The molecule has 104 valence electrons. The first-order chi connectivity index (χ1) is 8.62. The number of hydrogen-bond acceptors (Lipinski definition) is 2. The van der Waals surface area contributed by atoms with Gasteiger partial charge in [0.2, 0.25) is 0 Å². The van der Waals surface area contributed by atoms with Gasteiger partial charge in [0.15, 0.2) is 0 Å². The summed E-state index contributed by atoms with van der Waals surface area (Å²) in [7, 11) is 0. The van der Waals surface area contributed by atoms with Gasteiger partial charge in [-0.05, 0) is 30.0 Å². The Labute approximate surface area is 111 Å². The smallest absolute Gasteiger partial charge is 0.326 e. The third-order valence-electron chi connectivity index (χ3n) is 2.76. The van der Waals surface area contributed by atoms with Crippen molar-refractivity contribution in [2.75, 3.05) is 0 Å². The van der Waals surface area contributed by atoms with Crippen LogP contribution >= 0.6 is 0 Å². The fourth-order valence-electron chi connectivity index (χ4n) is 1.66. The van der Waals surface area contributed by atoms with Crippen LogP contribution in [-0.2, 0) is 4.79 Å². The lowest BCUT2D eigenvalue weighted by molar-refractivity contribution is -0.142. The van der Waals surface area contributed by atoms with E-state index in [1.54, 1.807) is 33.8 Å². The Morgan fingerprint density at radius 3 is 2.32 bits per heavy atom. The SMILES string of the molecule is Cc1ccc(C(=O)N[C@H](C(=O)O)C(C)(C)C)c(F)c1. The lowest BCUT2D eigenvalue weighted by Gasteiger charge is -2.27. The Kier molecular flexibility index (Phi) is 4.29. The van der Waals surface area contributed by atoms with Gasteiger partial charge in [-0.1, -0.05) is 26.8 Å². The summed E-state index contributed by atoms with van der Waals surface area (Å²) in [5.74, 6) is -2.52. The summed E-state index contributed by atoms with van der Waals surface area (Å²) in [6, 6.07) is 3.11. The summed E-state index contributed by atoms with van der Waals surface area (Å²) < 4.78 is 13.6. The van der Waals surface area contributed by atoms with Crippen molar-refractivity contribution >= 4 is 11.9 Å². The molecule has 1 aromatic rings. The van der Waals surface area contributed by atoms with Crippen molar-refractivity contribution < 1.29 is 19.1 Å². The van der Waals surface area contributed by atoms with Crippen LogP contribution in [0.1, 0.15) is 36.7 Å². The Morgan fingerprint density at radius 1 is 1.32 bits per heavy atom. The fourth-order valence-corrected chi connectivity index (χ4v) is 1.66. The standard InChI is InChI=1S/C14H18FNO3/c1-8-5-6-9(10(15)7-8)12(17)16-11(13(18)19)14(2,3)4/h5-7,11H,1-4H3,(H,16,17)(H,18,19)/t11-/m1/s1. The first-order valence-electron chi connectivity index (χ1n) is 5.92. The maximum absolute atomic E-state index is 13.6. The van der Waals surface area contributed by atoms with Crippen LogP contribution in [0.3, 0.4) is 0 Å². The minimum atomic E-state index is -1.15. The first-order valence-corrected chi connectivity index (χ1v) is 5.92. The van der Waals surface area contributed by atoms with Crippen LogP contribution in [0.2, 0.25) is 0 Å². The quantitative estimate of drug-likeness (QED) is 0.883. The molecule has 0 unspecified atom stereocenters. The molecule has 5 heteroatoms. The van der Waals surface area contributed by atoms with Crippen LogP contribution in [0.15, 0.2) is 18.2 Å². The number of carboxylic acids is 1. The molecule has 0 aliphatic carbocycles. The molecule has 0 aliphatic rings. The van der Waals surface area contributed by atoms with Gasteiger partial charge in [0, 0.05) is 0 Å². The molecule has 1 aromatic carbocycles. The molecule has 1 rings (SSSR count). The summed E-state index contributed by atoms with van der Waals surface area (Å²) in [4.78, 5) is 23.1. The predicted molar refractivity (Wildman–Crippen MR) is 69.5 cm³/mol.